The summed E-state index contributed by atoms with van der Waals surface area (Å²) in [5.74, 6) is -0.209. The fraction of sp³-hybridized carbons (Fsp3) is 0.250. The first-order valence-electron chi connectivity index (χ1n) is 10.5. The standard InChI is InChI=1S/C24H25N3O4S/c1-18(28)22-8-4-5-9-23(22)25-17-24(29)26-12-14-27(15-13-26)32(30,31)21-11-10-19-6-2-3-7-20(19)16-21/h2-11,16,25H,12-15,17H2,1H3. The van der Waals surface area contributed by atoms with E-state index >= 15 is 0 Å². The number of carbonyl (C=O) groups is 2. The van der Waals surface area contributed by atoms with E-state index in [4.69, 9.17) is 0 Å². The van der Waals surface area contributed by atoms with Crippen LogP contribution in [0.15, 0.2) is 71.6 Å². The number of piperazine rings is 1. The van der Waals surface area contributed by atoms with Gasteiger partial charge in [0.05, 0.1) is 11.4 Å². The molecule has 4 rings (SSSR count). The molecule has 8 heteroatoms. The number of hydrogen-bond acceptors (Lipinski definition) is 5. The van der Waals surface area contributed by atoms with Crippen LogP contribution in [0.1, 0.15) is 17.3 Å². The van der Waals surface area contributed by atoms with Crippen molar-refractivity contribution in [1.29, 1.82) is 0 Å². The summed E-state index contributed by atoms with van der Waals surface area (Å²) in [6.45, 7) is 2.65. The predicted octanol–water partition coefficient (Wildman–Crippen LogP) is 2.99. The number of rotatable bonds is 6. The molecule has 1 amide bonds. The molecule has 0 aliphatic carbocycles. The Balaban J connectivity index is 1.38. The summed E-state index contributed by atoms with van der Waals surface area (Å²) in [4.78, 5) is 26.3. The van der Waals surface area contributed by atoms with Crippen molar-refractivity contribution in [3.63, 3.8) is 0 Å². The van der Waals surface area contributed by atoms with E-state index in [0.29, 0.717) is 24.3 Å². The van der Waals surface area contributed by atoms with Crippen molar-refractivity contribution >= 4 is 38.2 Å². The van der Waals surface area contributed by atoms with Gasteiger partial charge >= 0.3 is 0 Å². The second-order valence-corrected chi connectivity index (χ2v) is 9.69. The Morgan fingerprint density at radius 2 is 1.53 bits per heavy atom. The smallest absolute Gasteiger partial charge is 0.243 e. The van der Waals surface area contributed by atoms with Crippen LogP contribution in [0.3, 0.4) is 0 Å². The first kappa shape index (κ1) is 22.0. The Kier molecular flexibility index (Phi) is 6.25. The number of nitrogens with zero attached hydrogens (tertiary/aromatic N) is 2. The number of fused-ring (bicyclic) bond motifs is 1. The lowest BCUT2D eigenvalue weighted by molar-refractivity contribution is -0.130. The minimum Gasteiger partial charge on any atom is -0.376 e. The number of anilines is 1. The monoisotopic (exact) mass is 451 g/mol. The third kappa shape index (κ3) is 4.51. The highest BCUT2D eigenvalue weighted by Crippen LogP contribution is 2.23. The summed E-state index contributed by atoms with van der Waals surface area (Å²) in [6.07, 6.45) is 0. The Morgan fingerprint density at radius 3 is 2.25 bits per heavy atom. The van der Waals surface area contributed by atoms with E-state index in [1.165, 1.54) is 11.2 Å². The van der Waals surface area contributed by atoms with Gasteiger partial charge in [0.2, 0.25) is 15.9 Å². The van der Waals surface area contributed by atoms with Gasteiger partial charge in [-0.3, -0.25) is 9.59 Å². The van der Waals surface area contributed by atoms with Crippen molar-refractivity contribution in [2.75, 3.05) is 38.0 Å². The van der Waals surface area contributed by atoms with Crippen molar-refractivity contribution in [2.45, 2.75) is 11.8 Å². The molecule has 1 heterocycles. The topological polar surface area (TPSA) is 86.8 Å². The number of carbonyl (C=O) groups excluding carboxylic acids is 2. The number of amides is 1. The lowest BCUT2D eigenvalue weighted by atomic mass is 10.1. The summed E-state index contributed by atoms with van der Waals surface area (Å²) < 4.78 is 27.6. The van der Waals surface area contributed by atoms with Gasteiger partial charge in [0.25, 0.3) is 0 Å². The second kappa shape index (κ2) is 9.10. The largest absolute Gasteiger partial charge is 0.376 e. The van der Waals surface area contributed by atoms with E-state index < -0.39 is 10.0 Å². The van der Waals surface area contributed by atoms with Crippen LogP contribution in [0.5, 0.6) is 0 Å². The average Bonchev–Trinajstić information content (AvgIpc) is 2.82. The zero-order chi connectivity index (χ0) is 22.7. The lowest BCUT2D eigenvalue weighted by Crippen LogP contribution is -2.51. The summed E-state index contributed by atoms with van der Waals surface area (Å²) >= 11 is 0. The highest BCUT2D eigenvalue weighted by Gasteiger charge is 2.30. The summed E-state index contributed by atoms with van der Waals surface area (Å²) in [5, 5.41) is 4.89. The van der Waals surface area contributed by atoms with E-state index in [1.54, 1.807) is 41.3 Å². The van der Waals surface area contributed by atoms with Gasteiger partial charge in [0.15, 0.2) is 5.78 Å². The van der Waals surface area contributed by atoms with Crippen LogP contribution in [-0.2, 0) is 14.8 Å². The van der Waals surface area contributed by atoms with E-state index in [9.17, 15) is 18.0 Å². The van der Waals surface area contributed by atoms with Crippen LogP contribution >= 0.6 is 0 Å². The van der Waals surface area contributed by atoms with Crippen molar-refractivity contribution in [3.05, 3.63) is 72.3 Å². The normalized spacial score (nSPS) is 15.0. The van der Waals surface area contributed by atoms with E-state index in [1.807, 2.05) is 30.3 Å². The zero-order valence-electron chi connectivity index (χ0n) is 17.8. The molecule has 0 spiro atoms. The minimum absolute atomic E-state index is 0.0434. The van der Waals surface area contributed by atoms with Crippen LogP contribution in [0.2, 0.25) is 0 Å². The molecule has 0 saturated carbocycles. The molecular formula is C24H25N3O4S. The van der Waals surface area contributed by atoms with Crippen LogP contribution in [0.4, 0.5) is 5.69 Å². The average molecular weight is 452 g/mol. The molecular weight excluding hydrogens is 426 g/mol. The van der Waals surface area contributed by atoms with Crippen LogP contribution in [0.25, 0.3) is 10.8 Å². The lowest BCUT2D eigenvalue weighted by Gasteiger charge is -2.34. The molecule has 7 nitrogen and oxygen atoms in total. The Bertz CT molecular complexity index is 1260. The number of sulfonamides is 1. The molecule has 1 aliphatic heterocycles. The maximum Gasteiger partial charge on any atom is 0.243 e. The Hall–Kier alpha value is -3.23. The third-order valence-corrected chi connectivity index (χ3v) is 7.58. The number of Topliss-reactive ketones (excluding diaryl/α,β-unsaturated/α-hetero) is 1. The number of benzene rings is 3. The van der Waals surface area contributed by atoms with Gasteiger partial charge in [-0.15, -0.1) is 0 Å². The number of hydrogen-bond donors (Lipinski definition) is 1. The van der Waals surface area contributed by atoms with Gasteiger partial charge in [0.1, 0.15) is 0 Å². The molecule has 0 atom stereocenters. The molecule has 3 aromatic rings. The van der Waals surface area contributed by atoms with Gasteiger partial charge in [-0.25, -0.2) is 8.42 Å². The minimum atomic E-state index is -3.63. The summed E-state index contributed by atoms with van der Waals surface area (Å²) in [6, 6.07) is 19.8. The fourth-order valence-corrected chi connectivity index (χ4v) is 5.34. The fourth-order valence-electron chi connectivity index (χ4n) is 3.88. The molecule has 1 N–H and O–H groups in total. The molecule has 1 aliphatic rings. The zero-order valence-corrected chi connectivity index (χ0v) is 18.6. The third-order valence-electron chi connectivity index (χ3n) is 5.69. The van der Waals surface area contributed by atoms with Crippen LogP contribution in [0, 0.1) is 0 Å². The molecule has 0 aromatic heterocycles. The second-order valence-electron chi connectivity index (χ2n) is 7.75. The van der Waals surface area contributed by atoms with Gasteiger partial charge in [0, 0.05) is 37.4 Å². The van der Waals surface area contributed by atoms with Gasteiger partial charge in [-0.2, -0.15) is 4.31 Å². The Morgan fingerprint density at radius 1 is 0.875 bits per heavy atom. The van der Waals surface area contributed by atoms with Crippen molar-refractivity contribution in [3.8, 4) is 0 Å². The summed E-state index contributed by atoms with van der Waals surface area (Å²) in [5.41, 5.74) is 1.15. The molecule has 1 fully saturated rings. The van der Waals surface area contributed by atoms with Crippen molar-refractivity contribution in [1.82, 2.24) is 9.21 Å². The molecule has 3 aromatic carbocycles. The van der Waals surface area contributed by atoms with Crippen LogP contribution in [-0.4, -0.2) is 62.0 Å². The van der Waals surface area contributed by atoms with E-state index in [2.05, 4.69) is 5.32 Å². The van der Waals surface area contributed by atoms with Crippen molar-refractivity contribution < 1.29 is 18.0 Å². The number of ketones is 1. The maximum atomic E-state index is 13.1. The van der Waals surface area contributed by atoms with Gasteiger partial charge in [-0.1, -0.05) is 42.5 Å². The predicted molar refractivity (Wildman–Crippen MR) is 124 cm³/mol. The highest BCUT2D eigenvalue weighted by atomic mass is 32.2. The molecule has 0 radical (unpaired) electrons. The first-order valence-corrected chi connectivity index (χ1v) is 11.9. The number of nitrogens with one attached hydrogen (secondary N) is 1. The van der Waals surface area contributed by atoms with E-state index in [-0.39, 0.29) is 36.2 Å². The molecule has 0 unspecified atom stereocenters. The highest BCUT2D eigenvalue weighted by molar-refractivity contribution is 7.89. The maximum absolute atomic E-state index is 13.1. The van der Waals surface area contributed by atoms with Gasteiger partial charge in [-0.05, 0) is 42.0 Å². The SMILES string of the molecule is CC(=O)c1ccccc1NCC(=O)N1CCN(S(=O)(=O)c2ccc3ccccc3c2)CC1. The van der Waals surface area contributed by atoms with Gasteiger partial charge < -0.3 is 10.2 Å². The summed E-state index contributed by atoms with van der Waals surface area (Å²) in [7, 11) is -3.63. The molecule has 166 valence electrons. The van der Waals surface area contributed by atoms with E-state index in [0.717, 1.165) is 10.8 Å². The molecule has 1 saturated heterocycles. The molecule has 0 bridgehead atoms. The van der Waals surface area contributed by atoms with Crippen LogP contribution < -0.4 is 5.32 Å². The first-order chi connectivity index (χ1) is 15.4. The number of para-hydroxylation sites is 1. The molecule has 32 heavy (non-hydrogen) atoms. The van der Waals surface area contributed by atoms with Crippen molar-refractivity contribution in [2.24, 2.45) is 0 Å². The quantitative estimate of drug-likeness (QED) is 0.583. The Labute approximate surface area is 187 Å².